The number of carbonyl (C=O) groups excluding carboxylic acids is 1. The third kappa shape index (κ3) is 6.39. The second-order valence-corrected chi connectivity index (χ2v) is 9.22. The molecule has 39 heavy (non-hydrogen) atoms. The van der Waals surface area contributed by atoms with E-state index in [1.165, 1.54) is 0 Å². The molecule has 1 atom stereocenters. The van der Waals surface area contributed by atoms with Crippen LogP contribution in [-0.2, 0) is 4.79 Å². The molecule has 1 aliphatic rings. The van der Waals surface area contributed by atoms with Crippen LogP contribution in [0.5, 0.6) is 28.7 Å². The van der Waals surface area contributed by atoms with E-state index in [1.54, 1.807) is 36.4 Å². The molecule has 1 heterocycles. The second-order valence-electron chi connectivity index (χ2n) is 8.78. The number of nitrogens with zero attached hydrogens (tertiary/aromatic N) is 1. The number of rotatable bonds is 10. The van der Waals surface area contributed by atoms with Crippen LogP contribution in [0.2, 0.25) is 5.02 Å². The highest BCUT2D eigenvalue weighted by molar-refractivity contribution is 6.30. The molecule has 0 bridgehead atoms. The van der Waals surface area contributed by atoms with Gasteiger partial charge < -0.3 is 29.4 Å². The molecule has 0 spiro atoms. The Balaban J connectivity index is 1.58. The van der Waals surface area contributed by atoms with Gasteiger partial charge in [-0.25, -0.2) is 4.79 Å². The normalized spacial score (nSPS) is 14.1. The largest absolute Gasteiger partial charge is 0.490 e. The number of benzene rings is 3. The van der Waals surface area contributed by atoms with E-state index in [2.05, 4.69) is 6.07 Å². The summed E-state index contributed by atoms with van der Waals surface area (Å²) in [5.74, 6) is 1.23. The average Bonchev–Trinajstić information content (AvgIpc) is 2.91. The maximum Gasteiger partial charge on any atom is 0.349 e. The molecule has 0 radical (unpaired) electrons. The lowest BCUT2D eigenvalue weighted by Crippen LogP contribution is -2.22. The summed E-state index contributed by atoms with van der Waals surface area (Å²) >= 11 is 5.97. The van der Waals surface area contributed by atoms with E-state index < -0.39 is 11.9 Å². The molecule has 0 amide bonds. The number of nitriles is 1. The van der Waals surface area contributed by atoms with E-state index in [0.29, 0.717) is 46.8 Å². The van der Waals surface area contributed by atoms with Crippen molar-refractivity contribution in [3.05, 3.63) is 87.8 Å². The smallest absolute Gasteiger partial charge is 0.349 e. The van der Waals surface area contributed by atoms with Gasteiger partial charge in [-0.1, -0.05) is 30.7 Å². The number of esters is 1. The van der Waals surface area contributed by atoms with Crippen LogP contribution in [-0.4, -0.2) is 25.8 Å². The monoisotopic (exact) mass is 548 g/mol. The second kappa shape index (κ2) is 12.5. The fourth-order valence-electron chi connectivity index (χ4n) is 4.22. The number of allylic oxidation sites excluding steroid dienone is 1. The Morgan fingerprint density at radius 1 is 1.03 bits per heavy atom. The van der Waals surface area contributed by atoms with Gasteiger partial charge >= 0.3 is 5.97 Å². The van der Waals surface area contributed by atoms with Gasteiger partial charge in [-0.3, -0.25) is 0 Å². The van der Waals surface area contributed by atoms with Gasteiger partial charge in [-0.15, -0.1) is 0 Å². The molecule has 0 saturated carbocycles. The Labute approximate surface area is 232 Å². The number of hydrogen-bond acceptors (Lipinski definition) is 8. The van der Waals surface area contributed by atoms with E-state index >= 15 is 0 Å². The van der Waals surface area contributed by atoms with Crippen molar-refractivity contribution in [2.24, 2.45) is 5.73 Å². The van der Waals surface area contributed by atoms with Crippen molar-refractivity contribution in [2.75, 3.05) is 19.8 Å². The molecular weight excluding hydrogens is 520 g/mol. The molecule has 1 aliphatic heterocycles. The lowest BCUT2D eigenvalue weighted by molar-refractivity contribution is -0.136. The lowest BCUT2D eigenvalue weighted by Gasteiger charge is -2.27. The summed E-state index contributed by atoms with van der Waals surface area (Å²) in [4.78, 5) is 12.5. The maximum absolute atomic E-state index is 12.5. The zero-order chi connectivity index (χ0) is 27.9. The van der Waals surface area contributed by atoms with Gasteiger partial charge in [0.25, 0.3) is 0 Å². The van der Waals surface area contributed by atoms with Gasteiger partial charge in [0.1, 0.15) is 28.9 Å². The molecule has 0 aromatic heterocycles. The summed E-state index contributed by atoms with van der Waals surface area (Å²) in [6, 6.07) is 17.8. The van der Waals surface area contributed by atoms with Crippen molar-refractivity contribution in [2.45, 2.75) is 33.1 Å². The first-order valence-corrected chi connectivity index (χ1v) is 12.9. The molecule has 1 unspecified atom stereocenters. The van der Waals surface area contributed by atoms with Crippen LogP contribution in [0.15, 0.2) is 66.1 Å². The highest BCUT2D eigenvalue weighted by atomic mass is 35.5. The third-order valence-electron chi connectivity index (χ3n) is 5.97. The predicted octanol–water partition coefficient (Wildman–Crippen LogP) is 6.04. The molecule has 0 fully saturated rings. The minimum Gasteiger partial charge on any atom is -0.490 e. The minimum absolute atomic E-state index is 0.0238. The SMILES string of the molecule is CCCOc1ccc(C2C(C#N)=C(N)Oc3cc(OC(=O)COc4ccc(Cl)cc4C)ccc32)cc1OCC. The molecule has 4 rings (SSSR count). The van der Waals surface area contributed by atoms with Gasteiger partial charge in [-0.05, 0) is 67.8 Å². The highest BCUT2D eigenvalue weighted by Gasteiger charge is 2.32. The Hall–Kier alpha value is -4.35. The van der Waals surface area contributed by atoms with Crippen LogP contribution in [0.1, 0.15) is 42.9 Å². The van der Waals surface area contributed by atoms with Gasteiger partial charge in [-0.2, -0.15) is 5.26 Å². The summed E-state index contributed by atoms with van der Waals surface area (Å²) in [7, 11) is 0. The lowest BCUT2D eigenvalue weighted by atomic mass is 9.83. The van der Waals surface area contributed by atoms with Crippen molar-refractivity contribution >= 4 is 17.6 Å². The standard InChI is InChI=1S/C30H29ClN2O6/c1-4-12-36-25-10-6-19(14-27(25)35-5-2)29-22-9-8-21(15-26(22)39-30(33)23(29)16-32)38-28(34)17-37-24-11-7-20(31)13-18(24)3/h6-11,13-15,29H,4-5,12,17,33H2,1-3H3. The fraction of sp³-hybridized carbons (Fsp3) is 0.267. The predicted molar refractivity (Wildman–Crippen MR) is 146 cm³/mol. The van der Waals surface area contributed by atoms with Crippen molar-refractivity contribution in [3.63, 3.8) is 0 Å². The van der Waals surface area contributed by atoms with E-state index in [-0.39, 0.29) is 23.8 Å². The summed E-state index contributed by atoms with van der Waals surface area (Å²) in [5.41, 5.74) is 8.70. The van der Waals surface area contributed by atoms with Crippen molar-refractivity contribution in [3.8, 4) is 34.8 Å². The number of ether oxygens (including phenoxy) is 5. The van der Waals surface area contributed by atoms with E-state index in [9.17, 15) is 10.1 Å². The minimum atomic E-state index is -0.595. The molecule has 3 aromatic carbocycles. The average molecular weight is 549 g/mol. The Bertz CT molecular complexity index is 1450. The molecular formula is C30H29ClN2O6. The van der Waals surface area contributed by atoms with E-state index in [0.717, 1.165) is 17.5 Å². The van der Waals surface area contributed by atoms with Crippen LogP contribution in [0.3, 0.4) is 0 Å². The summed E-state index contributed by atoms with van der Waals surface area (Å²) in [6.07, 6.45) is 0.859. The summed E-state index contributed by atoms with van der Waals surface area (Å²) in [5, 5.41) is 10.5. The summed E-state index contributed by atoms with van der Waals surface area (Å²) in [6.45, 7) is 6.47. The number of hydrogen-bond donors (Lipinski definition) is 1. The molecule has 202 valence electrons. The Morgan fingerprint density at radius 2 is 1.82 bits per heavy atom. The number of fused-ring (bicyclic) bond motifs is 1. The number of carbonyl (C=O) groups is 1. The Morgan fingerprint density at radius 3 is 2.54 bits per heavy atom. The molecule has 0 aliphatic carbocycles. The molecule has 2 N–H and O–H groups in total. The summed E-state index contributed by atoms with van der Waals surface area (Å²) < 4.78 is 28.4. The van der Waals surface area contributed by atoms with Crippen LogP contribution in [0.25, 0.3) is 0 Å². The number of nitrogens with two attached hydrogens (primary N) is 1. The third-order valence-corrected chi connectivity index (χ3v) is 6.20. The maximum atomic E-state index is 12.5. The molecule has 0 saturated heterocycles. The first kappa shape index (κ1) is 27.7. The van der Waals surface area contributed by atoms with Crippen molar-refractivity contribution < 1.29 is 28.5 Å². The molecule has 3 aromatic rings. The molecule has 8 nitrogen and oxygen atoms in total. The van der Waals surface area contributed by atoms with Gasteiger partial charge in [0.2, 0.25) is 5.88 Å². The quantitative estimate of drug-likeness (QED) is 0.241. The van der Waals surface area contributed by atoms with Crippen molar-refractivity contribution in [1.82, 2.24) is 0 Å². The first-order chi connectivity index (χ1) is 18.8. The topological polar surface area (TPSA) is 113 Å². The van der Waals surface area contributed by atoms with Crippen LogP contribution >= 0.6 is 11.6 Å². The van der Waals surface area contributed by atoms with Crippen LogP contribution in [0, 0.1) is 18.3 Å². The molecule has 9 heteroatoms. The van der Waals surface area contributed by atoms with Crippen LogP contribution < -0.4 is 29.4 Å². The van der Waals surface area contributed by atoms with E-state index in [4.69, 9.17) is 41.0 Å². The van der Waals surface area contributed by atoms with E-state index in [1.807, 2.05) is 39.0 Å². The first-order valence-electron chi connectivity index (χ1n) is 12.5. The van der Waals surface area contributed by atoms with Gasteiger partial charge in [0.15, 0.2) is 18.1 Å². The van der Waals surface area contributed by atoms with Crippen LogP contribution in [0.4, 0.5) is 0 Å². The zero-order valence-corrected chi connectivity index (χ0v) is 22.7. The number of aryl methyl sites for hydroxylation is 1. The van der Waals surface area contributed by atoms with Gasteiger partial charge in [0.05, 0.1) is 19.1 Å². The number of halogens is 1. The Kier molecular flexibility index (Phi) is 8.84. The highest BCUT2D eigenvalue weighted by Crippen LogP contribution is 2.45. The van der Waals surface area contributed by atoms with Crippen molar-refractivity contribution in [1.29, 1.82) is 5.26 Å². The zero-order valence-electron chi connectivity index (χ0n) is 22.0. The fourth-order valence-corrected chi connectivity index (χ4v) is 4.44. The van der Waals surface area contributed by atoms with Gasteiger partial charge in [0, 0.05) is 16.7 Å².